The molecule has 4 heteroatoms. The number of rotatable bonds is 3. The van der Waals surface area contributed by atoms with Gasteiger partial charge in [-0.3, -0.25) is 4.79 Å². The van der Waals surface area contributed by atoms with Crippen molar-refractivity contribution in [2.45, 2.75) is 50.7 Å². The molecule has 1 amide bonds. The van der Waals surface area contributed by atoms with Crippen LogP contribution in [0.3, 0.4) is 0 Å². The fourth-order valence-electron chi connectivity index (χ4n) is 2.70. The van der Waals surface area contributed by atoms with Crippen molar-refractivity contribution in [1.29, 1.82) is 0 Å². The molecular weight excluding hydrogens is 216 g/mol. The monoisotopic (exact) mass is 240 g/mol. The minimum Gasteiger partial charge on any atom is -0.378 e. The van der Waals surface area contributed by atoms with Crippen molar-refractivity contribution in [2.75, 3.05) is 26.7 Å². The molecule has 0 aromatic rings. The molecule has 0 aromatic carbocycles. The molecule has 98 valence electrons. The van der Waals surface area contributed by atoms with E-state index < -0.39 is 0 Å². The standard InChI is InChI=1S/C13H24N2O2/c1-15(11-5-7-14-8-6-11)13(16)10-12-4-2-3-9-17-12/h11-12,14H,2-10H2,1H3. The van der Waals surface area contributed by atoms with Crippen molar-refractivity contribution in [3.05, 3.63) is 0 Å². The number of nitrogens with one attached hydrogen (secondary N) is 1. The number of ether oxygens (including phenoxy) is 1. The van der Waals surface area contributed by atoms with Crippen LogP contribution in [0.5, 0.6) is 0 Å². The Kier molecular flexibility index (Phi) is 4.80. The molecule has 2 saturated heterocycles. The van der Waals surface area contributed by atoms with Gasteiger partial charge in [0, 0.05) is 19.7 Å². The van der Waals surface area contributed by atoms with Gasteiger partial charge in [-0.1, -0.05) is 0 Å². The topological polar surface area (TPSA) is 41.6 Å². The summed E-state index contributed by atoms with van der Waals surface area (Å²) in [6.07, 6.45) is 6.29. The summed E-state index contributed by atoms with van der Waals surface area (Å²) in [5.41, 5.74) is 0. The molecule has 1 unspecified atom stereocenters. The molecule has 0 radical (unpaired) electrons. The first-order valence-corrected chi connectivity index (χ1v) is 6.85. The third-order valence-electron chi connectivity index (χ3n) is 3.93. The smallest absolute Gasteiger partial charge is 0.225 e. The average molecular weight is 240 g/mol. The molecule has 0 spiro atoms. The molecule has 0 aliphatic carbocycles. The minimum absolute atomic E-state index is 0.167. The van der Waals surface area contributed by atoms with Crippen LogP contribution in [-0.2, 0) is 9.53 Å². The molecule has 0 saturated carbocycles. The SMILES string of the molecule is CN(C(=O)CC1CCCCO1)C1CCNCC1. The van der Waals surface area contributed by atoms with E-state index in [4.69, 9.17) is 4.74 Å². The fourth-order valence-corrected chi connectivity index (χ4v) is 2.70. The number of carbonyl (C=O) groups is 1. The molecule has 2 aliphatic heterocycles. The van der Waals surface area contributed by atoms with Crippen molar-refractivity contribution in [3.63, 3.8) is 0 Å². The lowest BCUT2D eigenvalue weighted by atomic mass is 10.0. The highest BCUT2D eigenvalue weighted by Gasteiger charge is 2.25. The third kappa shape index (κ3) is 3.68. The van der Waals surface area contributed by atoms with Gasteiger partial charge in [0.15, 0.2) is 0 Å². The molecular formula is C13H24N2O2. The lowest BCUT2D eigenvalue weighted by Crippen LogP contribution is -2.45. The Balaban J connectivity index is 1.77. The first-order valence-electron chi connectivity index (χ1n) is 6.85. The maximum Gasteiger partial charge on any atom is 0.225 e. The Hall–Kier alpha value is -0.610. The second-order valence-corrected chi connectivity index (χ2v) is 5.18. The molecule has 0 bridgehead atoms. The van der Waals surface area contributed by atoms with E-state index in [1.165, 1.54) is 6.42 Å². The number of hydrogen-bond donors (Lipinski definition) is 1. The minimum atomic E-state index is 0.167. The maximum absolute atomic E-state index is 12.1. The molecule has 2 rings (SSSR count). The maximum atomic E-state index is 12.1. The Morgan fingerprint density at radius 3 is 2.71 bits per heavy atom. The van der Waals surface area contributed by atoms with Gasteiger partial charge in [-0.2, -0.15) is 0 Å². The number of piperidine rings is 1. The van der Waals surface area contributed by atoms with Crippen LogP contribution in [-0.4, -0.2) is 49.7 Å². The van der Waals surface area contributed by atoms with Crippen LogP contribution in [0.25, 0.3) is 0 Å². The Labute approximate surface area is 104 Å². The van der Waals surface area contributed by atoms with Gasteiger partial charge in [0.1, 0.15) is 0 Å². The van der Waals surface area contributed by atoms with E-state index >= 15 is 0 Å². The first-order chi connectivity index (χ1) is 8.27. The van der Waals surface area contributed by atoms with Gasteiger partial charge in [-0.05, 0) is 45.2 Å². The van der Waals surface area contributed by atoms with Gasteiger partial charge in [0.05, 0.1) is 12.5 Å². The van der Waals surface area contributed by atoms with Crippen LogP contribution in [0, 0.1) is 0 Å². The van der Waals surface area contributed by atoms with E-state index in [0.29, 0.717) is 12.5 Å². The van der Waals surface area contributed by atoms with Crippen LogP contribution in [0.1, 0.15) is 38.5 Å². The van der Waals surface area contributed by atoms with Crippen molar-refractivity contribution in [2.24, 2.45) is 0 Å². The summed E-state index contributed by atoms with van der Waals surface area (Å²) < 4.78 is 5.63. The predicted octanol–water partition coefficient (Wildman–Crippen LogP) is 1.16. The lowest BCUT2D eigenvalue weighted by molar-refractivity contribution is -0.136. The highest BCUT2D eigenvalue weighted by atomic mass is 16.5. The van der Waals surface area contributed by atoms with Gasteiger partial charge in [0.2, 0.25) is 5.91 Å². The number of nitrogens with zero attached hydrogens (tertiary/aromatic N) is 1. The zero-order valence-corrected chi connectivity index (χ0v) is 10.8. The number of hydrogen-bond acceptors (Lipinski definition) is 3. The lowest BCUT2D eigenvalue weighted by Gasteiger charge is -2.33. The zero-order chi connectivity index (χ0) is 12.1. The summed E-state index contributed by atoms with van der Waals surface area (Å²) in [5, 5.41) is 3.33. The van der Waals surface area contributed by atoms with E-state index in [1.54, 1.807) is 0 Å². The van der Waals surface area contributed by atoms with E-state index in [2.05, 4.69) is 5.32 Å². The van der Waals surface area contributed by atoms with Crippen LogP contribution in [0.2, 0.25) is 0 Å². The van der Waals surface area contributed by atoms with Crippen LogP contribution < -0.4 is 5.32 Å². The Bertz CT molecular complexity index is 246. The van der Waals surface area contributed by atoms with Crippen molar-refractivity contribution in [3.8, 4) is 0 Å². The zero-order valence-electron chi connectivity index (χ0n) is 10.8. The number of carbonyl (C=O) groups excluding carboxylic acids is 1. The molecule has 2 heterocycles. The Morgan fingerprint density at radius 2 is 2.06 bits per heavy atom. The summed E-state index contributed by atoms with van der Waals surface area (Å²) in [5.74, 6) is 0.254. The molecule has 4 nitrogen and oxygen atoms in total. The Morgan fingerprint density at radius 1 is 1.29 bits per heavy atom. The number of amides is 1. The van der Waals surface area contributed by atoms with E-state index in [0.717, 1.165) is 45.4 Å². The second kappa shape index (κ2) is 6.36. The van der Waals surface area contributed by atoms with E-state index in [9.17, 15) is 4.79 Å². The normalized spacial score (nSPS) is 26.8. The third-order valence-corrected chi connectivity index (χ3v) is 3.93. The predicted molar refractivity (Wildman–Crippen MR) is 66.9 cm³/mol. The van der Waals surface area contributed by atoms with Crippen molar-refractivity contribution in [1.82, 2.24) is 10.2 Å². The van der Waals surface area contributed by atoms with Gasteiger partial charge < -0.3 is 15.0 Å². The molecule has 2 fully saturated rings. The van der Waals surface area contributed by atoms with Crippen LogP contribution in [0.15, 0.2) is 0 Å². The van der Waals surface area contributed by atoms with Gasteiger partial charge in [0.25, 0.3) is 0 Å². The summed E-state index contributed by atoms with van der Waals surface area (Å²) in [4.78, 5) is 14.1. The summed E-state index contributed by atoms with van der Waals surface area (Å²) in [6, 6.07) is 0.423. The van der Waals surface area contributed by atoms with Crippen molar-refractivity contribution >= 4 is 5.91 Å². The highest BCUT2D eigenvalue weighted by Crippen LogP contribution is 2.18. The average Bonchev–Trinajstić information content (AvgIpc) is 2.40. The van der Waals surface area contributed by atoms with Gasteiger partial charge in [-0.15, -0.1) is 0 Å². The molecule has 0 aromatic heterocycles. The molecule has 2 aliphatic rings. The fraction of sp³-hybridized carbons (Fsp3) is 0.923. The molecule has 17 heavy (non-hydrogen) atoms. The largest absolute Gasteiger partial charge is 0.378 e. The van der Waals surface area contributed by atoms with Gasteiger partial charge >= 0.3 is 0 Å². The molecule has 1 atom stereocenters. The molecule has 1 N–H and O–H groups in total. The van der Waals surface area contributed by atoms with E-state index in [-0.39, 0.29) is 12.0 Å². The van der Waals surface area contributed by atoms with E-state index in [1.807, 2.05) is 11.9 Å². The van der Waals surface area contributed by atoms with Gasteiger partial charge in [-0.25, -0.2) is 0 Å². The second-order valence-electron chi connectivity index (χ2n) is 5.18. The highest BCUT2D eigenvalue weighted by molar-refractivity contribution is 5.76. The van der Waals surface area contributed by atoms with Crippen LogP contribution in [0.4, 0.5) is 0 Å². The summed E-state index contributed by atoms with van der Waals surface area (Å²) in [7, 11) is 1.95. The van der Waals surface area contributed by atoms with Crippen molar-refractivity contribution < 1.29 is 9.53 Å². The summed E-state index contributed by atoms with van der Waals surface area (Å²) >= 11 is 0. The quantitative estimate of drug-likeness (QED) is 0.805. The first kappa shape index (κ1) is 12.8. The summed E-state index contributed by atoms with van der Waals surface area (Å²) in [6.45, 7) is 2.89. The van der Waals surface area contributed by atoms with Crippen LogP contribution >= 0.6 is 0 Å².